The highest BCUT2D eigenvalue weighted by Crippen LogP contribution is 2.22. The predicted molar refractivity (Wildman–Crippen MR) is 108 cm³/mol. The molecule has 0 radical (unpaired) electrons. The maximum Gasteiger partial charge on any atom is 0.0328 e. The van der Waals surface area contributed by atoms with E-state index in [1.54, 1.807) is 0 Å². The third-order valence-electron chi connectivity index (χ3n) is 4.30. The Labute approximate surface area is 150 Å². The van der Waals surface area contributed by atoms with E-state index in [1.165, 1.54) is 23.8 Å². The summed E-state index contributed by atoms with van der Waals surface area (Å²) in [4.78, 5) is 0. The van der Waals surface area contributed by atoms with E-state index in [2.05, 4.69) is 91.3 Å². The molecule has 0 aliphatic rings. The monoisotopic (exact) mass is 322 g/mol. The summed E-state index contributed by atoms with van der Waals surface area (Å²) in [5.41, 5.74) is 4.55. The summed E-state index contributed by atoms with van der Waals surface area (Å²) < 4.78 is 0. The highest BCUT2D eigenvalue weighted by Gasteiger charge is 2.02. The fraction of sp³-hybridized carbons (Fsp3) is 0.200. The molecule has 0 heteroatoms. The summed E-state index contributed by atoms with van der Waals surface area (Å²) in [6.45, 7) is 4.09. The van der Waals surface area contributed by atoms with Gasteiger partial charge in [0.1, 0.15) is 0 Å². The molecule has 3 aromatic carbocycles. The van der Waals surface area contributed by atoms with Crippen LogP contribution in [0.25, 0.3) is 10.8 Å². The minimum atomic E-state index is 1.05. The summed E-state index contributed by atoms with van der Waals surface area (Å²) in [6.07, 6.45) is 3.62. The van der Waals surface area contributed by atoms with Crippen LogP contribution in [0.15, 0.2) is 60.7 Å². The third-order valence-corrected chi connectivity index (χ3v) is 4.30. The minimum Gasteiger partial charge on any atom is -0.101 e. The van der Waals surface area contributed by atoms with Gasteiger partial charge in [-0.05, 0) is 60.4 Å². The quantitative estimate of drug-likeness (QED) is 0.522. The standard InChI is InChI=1S/C25H22/c1-3-5-9-20-12-14-21(15-13-20)16-17-23-19-18-22(8-4-2)24-10-6-7-11-25(23)24/h6-7,10-15,18-19H,3,5,9H2,1-2H3. The fourth-order valence-corrected chi connectivity index (χ4v) is 2.93. The molecule has 0 fully saturated rings. The molecule has 0 unspecified atom stereocenters. The Hall–Kier alpha value is -2.96. The van der Waals surface area contributed by atoms with Gasteiger partial charge in [-0.3, -0.25) is 0 Å². The molecule has 3 rings (SSSR count). The van der Waals surface area contributed by atoms with E-state index in [-0.39, 0.29) is 0 Å². The van der Waals surface area contributed by atoms with Crippen LogP contribution in [0.3, 0.4) is 0 Å². The number of benzene rings is 3. The Balaban J connectivity index is 1.92. The van der Waals surface area contributed by atoms with Gasteiger partial charge in [0, 0.05) is 16.7 Å². The Morgan fingerprint density at radius 1 is 0.720 bits per heavy atom. The first kappa shape index (κ1) is 16.9. The van der Waals surface area contributed by atoms with Crippen molar-refractivity contribution in [2.45, 2.75) is 33.1 Å². The SMILES string of the molecule is CC#Cc1ccc(C#Cc2ccc(CCCC)cc2)c2ccccc12. The largest absolute Gasteiger partial charge is 0.101 e. The molecule has 0 nitrogen and oxygen atoms in total. The van der Waals surface area contributed by atoms with Gasteiger partial charge in [0.15, 0.2) is 0 Å². The highest BCUT2D eigenvalue weighted by atomic mass is 14.0. The smallest absolute Gasteiger partial charge is 0.0328 e. The normalized spacial score (nSPS) is 9.84. The van der Waals surface area contributed by atoms with Crippen LogP contribution in [0, 0.1) is 23.7 Å². The van der Waals surface area contributed by atoms with E-state index >= 15 is 0 Å². The molecule has 0 spiro atoms. The molecule has 0 atom stereocenters. The molecular formula is C25H22. The van der Waals surface area contributed by atoms with Crippen LogP contribution in [0.1, 0.15) is 48.9 Å². The van der Waals surface area contributed by atoms with Crippen LogP contribution in [-0.4, -0.2) is 0 Å². The molecule has 0 bridgehead atoms. The van der Waals surface area contributed by atoms with Crippen molar-refractivity contribution in [1.29, 1.82) is 0 Å². The second-order valence-electron chi connectivity index (χ2n) is 6.13. The molecule has 0 aliphatic heterocycles. The van der Waals surface area contributed by atoms with Crippen molar-refractivity contribution >= 4 is 10.8 Å². The number of fused-ring (bicyclic) bond motifs is 1. The first-order valence-corrected chi connectivity index (χ1v) is 8.87. The summed E-state index contributed by atoms with van der Waals surface area (Å²) in [7, 11) is 0. The van der Waals surface area contributed by atoms with Crippen molar-refractivity contribution in [3.8, 4) is 23.7 Å². The molecule has 0 aliphatic carbocycles. The van der Waals surface area contributed by atoms with Gasteiger partial charge in [0.05, 0.1) is 0 Å². The van der Waals surface area contributed by atoms with Crippen molar-refractivity contribution < 1.29 is 0 Å². The summed E-state index contributed by atoms with van der Waals surface area (Å²) in [5, 5.41) is 2.33. The molecule has 0 amide bonds. The van der Waals surface area contributed by atoms with Gasteiger partial charge in [0.25, 0.3) is 0 Å². The van der Waals surface area contributed by atoms with Crippen molar-refractivity contribution in [3.63, 3.8) is 0 Å². The van der Waals surface area contributed by atoms with E-state index in [4.69, 9.17) is 0 Å². The van der Waals surface area contributed by atoms with Crippen LogP contribution in [-0.2, 0) is 6.42 Å². The molecule has 0 saturated carbocycles. The van der Waals surface area contributed by atoms with Crippen molar-refractivity contribution in [3.05, 3.63) is 82.9 Å². The van der Waals surface area contributed by atoms with Crippen LogP contribution in [0.4, 0.5) is 0 Å². The molecule has 3 aromatic rings. The molecule has 0 heterocycles. The lowest BCUT2D eigenvalue weighted by molar-refractivity contribution is 0.795. The van der Waals surface area contributed by atoms with E-state index in [9.17, 15) is 0 Å². The zero-order valence-electron chi connectivity index (χ0n) is 14.9. The second kappa shape index (κ2) is 8.23. The van der Waals surface area contributed by atoms with Crippen LogP contribution < -0.4 is 0 Å². The van der Waals surface area contributed by atoms with Crippen LogP contribution in [0.5, 0.6) is 0 Å². The van der Waals surface area contributed by atoms with Crippen molar-refractivity contribution in [2.24, 2.45) is 0 Å². The number of hydrogen-bond donors (Lipinski definition) is 0. The zero-order valence-corrected chi connectivity index (χ0v) is 14.9. The first-order valence-electron chi connectivity index (χ1n) is 8.87. The van der Waals surface area contributed by atoms with Gasteiger partial charge in [-0.15, -0.1) is 5.92 Å². The Morgan fingerprint density at radius 2 is 1.36 bits per heavy atom. The van der Waals surface area contributed by atoms with E-state index < -0.39 is 0 Å². The topological polar surface area (TPSA) is 0 Å². The van der Waals surface area contributed by atoms with Crippen molar-refractivity contribution in [1.82, 2.24) is 0 Å². The van der Waals surface area contributed by atoms with Crippen LogP contribution in [0.2, 0.25) is 0 Å². The molecular weight excluding hydrogens is 300 g/mol. The minimum absolute atomic E-state index is 1.05. The second-order valence-corrected chi connectivity index (χ2v) is 6.13. The summed E-state index contributed by atoms with van der Waals surface area (Å²) in [5.74, 6) is 12.8. The molecule has 122 valence electrons. The first-order chi connectivity index (χ1) is 12.3. The molecule has 0 saturated heterocycles. The number of hydrogen-bond acceptors (Lipinski definition) is 0. The molecule has 0 aromatic heterocycles. The lowest BCUT2D eigenvalue weighted by Crippen LogP contribution is -1.86. The van der Waals surface area contributed by atoms with Crippen LogP contribution >= 0.6 is 0 Å². The number of rotatable bonds is 3. The maximum absolute atomic E-state index is 3.34. The lowest BCUT2D eigenvalue weighted by Gasteiger charge is -2.03. The zero-order chi connectivity index (χ0) is 17.5. The lowest BCUT2D eigenvalue weighted by atomic mass is 9.99. The maximum atomic E-state index is 3.34. The Morgan fingerprint density at radius 3 is 1.96 bits per heavy atom. The van der Waals surface area contributed by atoms with Gasteiger partial charge in [-0.25, -0.2) is 0 Å². The fourth-order valence-electron chi connectivity index (χ4n) is 2.93. The number of aryl methyl sites for hydroxylation is 1. The van der Waals surface area contributed by atoms with Crippen molar-refractivity contribution in [2.75, 3.05) is 0 Å². The van der Waals surface area contributed by atoms with Gasteiger partial charge in [-0.2, -0.15) is 0 Å². The van der Waals surface area contributed by atoms with E-state index in [0.717, 1.165) is 28.5 Å². The number of unbranched alkanes of at least 4 members (excludes halogenated alkanes) is 1. The molecule has 0 N–H and O–H groups in total. The summed E-state index contributed by atoms with van der Waals surface area (Å²) in [6, 6.07) is 21.1. The highest BCUT2D eigenvalue weighted by molar-refractivity contribution is 5.92. The average Bonchev–Trinajstić information content (AvgIpc) is 2.67. The Bertz CT molecular complexity index is 983. The summed E-state index contributed by atoms with van der Waals surface area (Å²) >= 11 is 0. The van der Waals surface area contributed by atoms with Gasteiger partial charge in [-0.1, -0.05) is 67.5 Å². The predicted octanol–water partition coefficient (Wildman–Crippen LogP) is 5.95. The van der Waals surface area contributed by atoms with Gasteiger partial charge >= 0.3 is 0 Å². The third kappa shape index (κ3) is 4.12. The van der Waals surface area contributed by atoms with E-state index in [1.807, 2.05) is 6.92 Å². The van der Waals surface area contributed by atoms with E-state index in [0.29, 0.717) is 0 Å². The van der Waals surface area contributed by atoms with Gasteiger partial charge < -0.3 is 0 Å². The molecule has 25 heavy (non-hydrogen) atoms. The van der Waals surface area contributed by atoms with Gasteiger partial charge in [0.2, 0.25) is 0 Å². The Kier molecular flexibility index (Phi) is 5.56. The average molecular weight is 322 g/mol.